The predicted octanol–water partition coefficient (Wildman–Crippen LogP) is 4.74. The molecule has 0 radical (unpaired) electrons. The molecule has 0 saturated carbocycles. The first-order chi connectivity index (χ1) is 10.3. The van der Waals surface area contributed by atoms with Crippen LogP contribution in [0.2, 0.25) is 0 Å². The highest BCUT2D eigenvalue weighted by molar-refractivity contribution is 5.47. The molecule has 0 bridgehead atoms. The fraction of sp³-hybridized carbons (Fsp3) is 0.684. The molecule has 1 unspecified atom stereocenters. The number of benzene rings is 1. The third kappa shape index (κ3) is 5.70. The van der Waals surface area contributed by atoms with Gasteiger partial charge in [0.25, 0.3) is 0 Å². The van der Waals surface area contributed by atoms with Crippen molar-refractivity contribution in [1.82, 2.24) is 5.32 Å². The maximum atomic E-state index is 3.64. The topological polar surface area (TPSA) is 15.3 Å². The van der Waals surface area contributed by atoms with Gasteiger partial charge < -0.3 is 10.2 Å². The minimum Gasteiger partial charge on any atom is -0.372 e. The standard InChI is InChI=1S/C19H32N2/c1-3-4-6-9-17(2)20-16-18-10-12-19(13-11-18)21-14-7-5-8-15-21/h10-13,17,20H,3-9,14-16H2,1-2H3. The molecular weight excluding hydrogens is 256 g/mol. The lowest BCUT2D eigenvalue weighted by atomic mass is 10.1. The monoisotopic (exact) mass is 288 g/mol. The van der Waals surface area contributed by atoms with Crippen LogP contribution >= 0.6 is 0 Å². The molecule has 2 rings (SSSR count). The average molecular weight is 288 g/mol. The van der Waals surface area contributed by atoms with Gasteiger partial charge in [0.2, 0.25) is 0 Å². The van der Waals surface area contributed by atoms with Crippen LogP contribution in [0, 0.1) is 0 Å². The number of hydrogen-bond acceptors (Lipinski definition) is 2. The van der Waals surface area contributed by atoms with Crippen molar-refractivity contribution < 1.29 is 0 Å². The number of anilines is 1. The second-order valence-corrected chi connectivity index (χ2v) is 6.49. The van der Waals surface area contributed by atoms with Crippen molar-refractivity contribution in [1.29, 1.82) is 0 Å². The van der Waals surface area contributed by atoms with Crippen molar-refractivity contribution in [2.75, 3.05) is 18.0 Å². The summed E-state index contributed by atoms with van der Waals surface area (Å²) in [4.78, 5) is 2.52. The Morgan fingerprint density at radius 1 is 1.05 bits per heavy atom. The van der Waals surface area contributed by atoms with E-state index in [9.17, 15) is 0 Å². The molecule has 1 aromatic carbocycles. The second-order valence-electron chi connectivity index (χ2n) is 6.49. The Bertz CT molecular complexity index is 379. The molecule has 1 aromatic rings. The number of piperidine rings is 1. The first-order valence-corrected chi connectivity index (χ1v) is 8.87. The third-order valence-electron chi connectivity index (χ3n) is 4.55. The molecule has 21 heavy (non-hydrogen) atoms. The molecule has 0 spiro atoms. The first kappa shape index (κ1) is 16.4. The summed E-state index contributed by atoms with van der Waals surface area (Å²) in [6.07, 6.45) is 9.39. The highest BCUT2D eigenvalue weighted by Crippen LogP contribution is 2.20. The fourth-order valence-electron chi connectivity index (χ4n) is 3.07. The second kappa shape index (κ2) is 9.09. The van der Waals surface area contributed by atoms with Crippen LogP contribution in [0.3, 0.4) is 0 Å². The summed E-state index contributed by atoms with van der Waals surface area (Å²) < 4.78 is 0. The summed E-state index contributed by atoms with van der Waals surface area (Å²) in [5.41, 5.74) is 2.80. The van der Waals surface area contributed by atoms with Crippen molar-refractivity contribution in [2.24, 2.45) is 0 Å². The van der Waals surface area contributed by atoms with Crippen LogP contribution in [0.4, 0.5) is 5.69 Å². The molecule has 1 saturated heterocycles. The molecule has 0 aliphatic carbocycles. The van der Waals surface area contributed by atoms with E-state index < -0.39 is 0 Å². The Morgan fingerprint density at radius 3 is 2.43 bits per heavy atom. The Hall–Kier alpha value is -1.02. The smallest absolute Gasteiger partial charge is 0.0366 e. The van der Waals surface area contributed by atoms with Crippen LogP contribution < -0.4 is 10.2 Å². The van der Waals surface area contributed by atoms with E-state index in [0.29, 0.717) is 6.04 Å². The summed E-state index contributed by atoms with van der Waals surface area (Å²) in [5, 5.41) is 3.64. The minimum atomic E-state index is 0.623. The quantitative estimate of drug-likeness (QED) is 0.695. The molecule has 2 nitrogen and oxygen atoms in total. The van der Waals surface area contributed by atoms with E-state index in [4.69, 9.17) is 0 Å². The summed E-state index contributed by atoms with van der Waals surface area (Å²) >= 11 is 0. The minimum absolute atomic E-state index is 0.623. The van der Waals surface area contributed by atoms with Crippen molar-refractivity contribution in [3.05, 3.63) is 29.8 Å². The van der Waals surface area contributed by atoms with Gasteiger partial charge in [-0.2, -0.15) is 0 Å². The van der Waals surface area contributed by atoms with E-state index in [1.165, 1.54) is 69.3 Å². The Balaban J connectivity index is 1.74. The molecular formula is C19H32N2. The average Bonchev–Trinajstić information content (AvgIpc) is 2.54. The zero-order chi connectivity index (χ0) is 14.9. The van der Waals surface area contributed by atoms with E-state index in [2.05, 4.69) is 48.3 Å². The zero-order valence-electron chi connectivity index (χ0n) is 13.9. The van der Waals surface area contributed by atoms with Gasteiger partial charge >= 0.3 is 0 Å². The molecule has 1 aliphatic heterocycles. The van der Waals surface area contributed by atoms with Gasteiger partial charge in [-0.05, 0) is 50.3 Å². The summed E-state index contributed by atoms with van der Waals surface area (Å²) in [7, 11) is 0. The van der Waals surface area contributed by atoms with Crippen molar-refractivity contribution in [3.63, 3.8) is 0 Å². The third-order valence-corrected chi connectivity index (χ3v) is 4.55. The SMILES string of the molecule is CCCCCC(C)NCc1ccc(N2CCCCC2)cc1. The molecule has 1 fully saturated rings. The maximum Gasteiger partial charge on any atom is 0.0366 e. The number of rotatable bonds is 8. The summed E-state index contributed by atoms with van der Waals surface area (Å²) in [6.45, 7) is 8.02. The van der Waals surface area contributed by atoms with Crippen LogP contribution in [-0.2, 0) is 6.54 Å². The maximum absolute atomic E-state index is 3.64. The number of hydrogen-bond donors (Lipinski definition) is 1. The molecule has 0 amide bonds. The fourth-order valence-corrected chi connectivity index (χ4v) is 3.07. The molecule has 1 N–H and O–H groups in total. The van der Waals surface area contributed by atoms with Gasteiger partial charge in [-0.1, -0.05) is 38.3 Å². The van der Waals surface area contributed by atoms with Crippen LogP contribution in [0.15, 0.2) is 24.3 Å². The van der Waals surface area contributed by atoms with E-state index in [-0.39, 0.29) is 0 Å². The molecule has 1 aliphatic rings. The van der Waals surface area contributed by atoms with E-state index in [1.54, 1.807) is 0 Å². The van der Waals surface area contributed by atoms with E-state index in [1.807, 2.05) is 0 Å². The van der Waals surface area contributed by atoms with Crippen molar-refractivity contribution >= 4 is 5.69 Å². The Labute approximate surface area is 130 Å². The van der Waals surface area contributed by atoms with E-state index in [0.717, 1.165) is 6.54 Å². The zero-order valence-corrected chi connectivity index (χ0v) is 13.9. The van der Waals surface area contributed by atoms with E-state index >= 15 is 0 Å². The van der Waals surface area contributed by atoms with Crippen LogP contribution in [0.25, 0.3) is 0 Å². The predicted molar refractivity (Wildman–Crippen MR) is 92.9 cm³/mol. The van der Waals surface area contributed by atoms with Gasteiger partial charge in [0.05, 0.1) is 0 Å². The summed E-state index contributed by atoms with van der Waals surface area (Å²) in [6, 6.07) is 9.79. The van der Waals surface area contributed by atoms with Crippen LogP contribution in [0.1, 0.15) is 64.4 Å². The Morgan fingerprint density at radius 2 is 1.76 bits per heavy atom. The van der Waals surface area contributed by atoms with Gasteiger partial charge in [-0.3, -0.25) is 0 Å². The molecule has 2 heteroatoms. The van der Waals surface area contributed by atoms with Crippen LogP contribution in [0.5, 0.6) is 0 Å². The lowest BCUT2D eigenvalue weighted by Gasteiger charge is -2.29. The number of unbranched alkanes of at least 4 members (excludes halogenated alkanes) is 2. The number of nitrogens with zero attached hydrogens (tertiary/aromatic N) is 1. The molecule has 0 aromatic heterocycles. The van der Waals surface area contributed by atoms with Gasteiger partial charge in [-0.15, -0.1) is 0 Å². The molecule has 118 valence electrons. The van der Waals surface area contributed by atoms with Crippen molar-refractivity contribution in [2.45, 2.75) is 71.4 Å². The van der Waals surface area contributed by atoms with Gasteiger partial charge in [0.15, 0.2) is 0 Å². The lowest BCUT2D eigenvalue weighted by Crippen LogP contribution is -2.29. The van der Waals surface area contributed by atoms with Crippen molar-refractivity contribution in [3.8, 4) is 0 Å². The molecule has 1 heterocycles. The largest absolute Gasteiger partial charge is 0.372 e. The highest BCUT2D eigenvalue weighted by Gasteiger charge is 2.10. The lowest BCUT2D eigenvalue weighted by molar-refractivity contribution is 0.487. The van der Waals surface area contributed by atoms with Gasteiger partial charge in [0.1, 0.15) is 0 Å². The first-order valence-electron chi connectivity index (χ1n) is 8.87. The van der Waals surface area contributed by atoms with Gasteiger partial charge in [-0.25, -0.2) is 0 Å². The Kier molecular flexibility index (Phi) is 7.08. The number of nitrogens with one attached hydrogen (secondary N) is 1. The molecule has 1 atom stereocenters. The van der Waals surface area contributed by atoms with Crippen LogP contribution in [-0.4, -0.2) is 19.1 Å². The summed E-state index contributed by atoms with van der Waals surface area (Å²) in [5.74, 6) is 0. The normalized spacial score (nSPS) is 17.0. The highest BCUT2D eigenvalue weighted by atomic mass is 15.1. The van der Waals surface area contributed by atoms with Gasteiger partial charge in [0, 0.05) is 31.4 Å².